The van der Waals surface area contributed by atoms with Crippen molar-refractivity contribution in [3.05, 3.63) is 53.6 Å². The zero-order valence-electron chi connectivity index (χ0n) is 14.1. The molecule has 0 amide bonds. The monoisotopic (exact) mass is 338 g/mol. The predicted octanol–water partition coefficient (Wildman–Crippen LogP) is 4.10. The van der Waals surface area contributed by atoms with Gasteiger partial charge in [0.25, 0.3) is 5.89 Å². The van der Waals surface area contributed by atoms with Crippen molar-refractivity contribution in [1.29, 1.82) is 0 Å². The molecular weight excluding hydrogens is 320 g/mol. The molecule has 2 aromatic carbocycles. The molecule has 0 spiro atoms. The second kappa shape index (κ2) is 6.05. The summed E-state index contributed by atoms with van der Waals surface area (Å²) in [6.07, 6.45) is 0. The lowest BCUT2D eigenvalue weighted by atomic mass is 9.87. The highest BCUT2D eigenvalue weighted by Crippen LogP contribution is 2.32. The van der Waals surface area contributed by atoms with E-state index in [4.69, 9.17) is 9.63 Å². The van der Waals surface area contributed by atoms with Crippen molar-refractivity contribution in [2.45, 2.75) is 26.2 Å². The van der Waals surface area contributed by atoms with Crippen LogP contribution in [-0.4, -0.2) is 26.3 Å². The third-order valence-electron chi connectivity index (χ3n) is 3.93. The summed E-state index contributed by atoms with van der Waals surface area (Å²) in [6.45, 7) is 6.39. The molecule has 0 saturated carbocycles. The first-order valence-corrected chi connectivity index (χ1v) is 7.77. The lowest BCUT2D eigenvalue weighted by molar-refractivity contribution is 0.0694. The van der Waals surface area contributed by atoms with E-state index < -0.39 is 5.97 Å². The molecule has 128 valence electrons. The van der Waals surface area contributed by atoms with E-state index in [-0.39, 0.29) is 28.1 Å². The van der Waals surface area contributed by atoms with E-state index in [9.17, 15) is 9.90 Å². The van der Waals surface area contributed by atoms with Crippen LogP contribution >= 0.6 is 0 Å². The van der Waals surface area contributed by atoms with Crippen LogP contribution in [0.5, 0.6) is 5.75 Å². The van der Waals surface area contributed by atoms with Gasteiger partial charge in [0.2, 0.25) is 5.82 Å². The van der Waals surface area contributed by atoms with E-state index in [1.807, 2.05) is 24.3 Å². The van der Waals surface area contributed by atoms with Crippen molar-refractivity contribution in [2.75, 3.05) is 0 Å². The van der Waals surface area contributed by atoms with Gasteiger partial charge in [0, 0.05) is 5.56 Å². The molecule has 0 bridgehead atoms. The molecule has 1 aromatic heterocycles. The summed E-state index contributed by atoms with van der Waals surface area (Å²) in [5.74, 6) is -1.17. The Balaban J connectivity index is 1.96. The Morgan fingerprint density at radius 1 is 1.08 bits per heavy atom. The van der Waals surface area contributed by atoms with Crippen LogP contribution in [0.3, 0.4) is 0 Å². The Labute approximate surface area is 144 Å². The SMILES string of the molecule is CC(C)(C)c1ccc(-c2nc(-c3cccc(C(=O)O)c3O)no2)cc1. The number of aromatic nitrogens is 2. The molecule has 0 radical (unpaired) electrons. The number of aromatic carboxylic acids is 1. The second-order valence-corrected chi connectivity index (χ2v) is 6.76. The highest BCUT2D eigenvalue weighted by molar-refractivity contribution is 5.93. The summed E-state index contributed by atoms with van der Waals surface area (Å²) < 4.78 is 5.27. The van der Waals surface area contributed by atoms with Gasteiger partial charge in [0.1, 0.15) is 11.3 Å². The molecular formula is C19H18N2O4. The fraction of sp³-hybridized carbons (Fsp3) is 0.211. The minimum absolute atomic E-state index is 0.0432. The van der Waals surface area contributed by atoms with Crippen molar-refractivity contribution in [3.63, 3.8) is 0 Å². The fourth-order valence-electron chi connectivity index (χ4n) is 2.46. The average molecular weight is 338 g/mol. The number of phenols is 1. The molecule has 6 heteroatoms. The molecule has 0 saturated heterocycles. The molecule has 25 heavy (non-hydrogen) atoms. The first-order chi connectivity index (χ1) is 11.8. The topological polar surface area (TPSA) is 96.5 Å². The van der Waals surface area contributed by atoms with Gasteiger partial charge < -0.3 is 14.7 Å². The maximum absolute atomic E-state index is 11.1. The minimum atomic E-state index is -1.22. The van der Waals surface area contributed by atoms with E-state index in [0.717, 1.165) is 5.56 Å². The summed E-state index contributed by atoms with van der Waals surface area (Å²) >= 11 is 0. The van der Waals surface area contributed by atoms with E-state index in [2.05, 4.69) is 30.9 Å². The first-order valence-electron chi connectivity index (χ1n) is 7.77. The molecule has 0 aliphatic rings. The second-order valence-electron chi connectivity index (χ2n) is 6.76. The van der Waals surface area contributed by atoms with E-state index in [1.165, 1.54) is 17.7 Å². The van der Waals surface area contributed by atoms with Gasteiger partial charge in [-0.25, -0.2) is 4.79 Å². The van der Waals surface area contributed by atoms with Gasteiger partial charge in [-0.15, -0.1) is 0 Å². The van der Waals surface area contributed by atoms with Crippen LogP contribution in [0, 0.1) is 0 Å². The molecule has 0 atom stereocenters. The summed E-state index contributed by atoms with van der Waals surface area (Å²) in [5, 5.41) is 23.1. The number of carboxylic acid groups (broad SMARTS) is 1. The molecule has 0 aliphatic heterocycles. The van der Waals surface area contributed by atoms with Crippen LogP contribution in [0.25, 0.3) is 22.8 Å². The van der Waals surface area contributed by atoms with Crippen LogP contribution in [0.2, 0.25) is 0 Å². The van der Waals surface area contributed by atoms with E-state index >= 15 is 0 Å². The highest BCUT2D eigenvalue weighted by atomic mass is 16.5. The molecule has 0 unspecified atom stereocenters. The van der Waals surface area contributed by atoms with Gasteiger partial charge in [0.05, 0.1) is 5.56 Å². The average Bonchev–Trinajstić information content (AvgIpc) is 3.04. The van der Waals surface area contributed by atoms with E-state index in [0.29, 0.717) is 5.89 Å². The summed E-state index contributed by atoms with van der Waals surface area (Å²) in [5.41, 5.74) is 1.98. The highest BCUT2D eigenvalue weighted by Gasteiger charge is 2.19. The Kier molecular flexibility index (Phi) is 4.04. The van der Waals surface area contributed by atoms with Crippen molar-refractivity contribution in [1.82, 2.24) is 10.1 Å². The lowest BCUT2D eigenvalue weighted by Crippen LogP contribution is -2.10. The Morgan fingerprint density at radius 3 is 2.36 bits per heavy atom. The van der Waals surface area contributed by atoms with Gasteiger partial charge in [-0.2, -0.15) is 4.98 Å². The van der Waals surface area contributed by atoms with Gasteiger partial charge in [-0.3, -0.25) is 0 Å². The number of para-hydroxylation sites is 1. The number of hydrogen-bond donors (Lipinski definition) is 2. The van der Waals surface area contributed by atoms with Crippen molar-refractivity contribution >= 4 is 5.97 Å². The number of carboxylic acids is 1. The molecule has 2 N–H and O–H groups in total. The summed E-state index contributed by atoms with van der Waals surface area (Å²) in [6, 6.07) is 12.2. The number of aromatic hydroxyl groups is 1. The minimum Gasteiger partial charge on any atom is -0.506 e. The van der Waals surface area contributed by atoms with Crippen LogP contribution in [-0.2, 0) is 5.41 Å². The Hall–Kier alpha value is -3.15. The van der Waals surface area contributed by atoms with Gasteiger partial charge in [-0.05, 0) is 35.2 Å². The number of rotatable bonds is 3. The largest absolute Gasteiger partial charge is 0.506 e. The third-order valence-corrected chi connectivity index (χ3v) is 3.93. The van der Waals surface area contributed by atoms with Gasteiger partial charge in [-0.1, -0.05) is 44.1 Å². The molecule has 3 aromatic rings. The third kappa shape index (κ3) is 3.24. The molecule has 6 nitrogen and oxygen atoms in total. The summed E-state index contributed by atoms with van der Waals surface area (Å²) in [4.78, 5) is 15.4. The quantitative estimate of drug-likeness (QED) is 0.746. The Morgan fingerprint density at radius 2 is 1.76 bits per heavy atom. The normalized spacial score (nSPS) is 11.5. The van der Waals surface area contributed by atoms with Crippen molar-refractivity contribution in [2.24, 2.45) is 0 Å². The fourth-order valence-corrected chi connectivity index (χ4v) is 2.46. The smallest absolute Gasteiger partial charge is 0.339 e. The van der Waals surface area contributed by atoms with Crippen molar-refractivity contribution in [3.8, 4) is 28.6 Å². The standard InChI is InChI=1S/C19H18N2O4/c1-19(2,3)12-9-7-11(8-10-12)17-20-16(21-25-17)13-5-4-6-14(15(13)22)18(23)24/h4-10,22H,1-3H3,(H,23,24). The number of hydrogen-bond acceptors (Lipinski definition) is 5. The molecule has 0 fully saturated rings. The van der Waals surface area contributed by atoms with Crippen LogP contribution in [0.1, 0.15) is 36.7 Å². The van der Waals surface area contributed by atoms with Crippen molar-refractivity contribution < 1.29 is 19.5 Å². The molecule has 3 rings (SSSR count). The number of nitrogens with zero attached hydrogens (tertiary/aromatic N) is 2. The van der Waals surface area contributed by atoms with Crippen LogP contribution < -0.4 is 0 Å². The van der Waals surface area contributed by atoms with Crippen LogP contribution in [0.4, 0.5) is 0 Å². The Bertz CT molecular complexity index is 921. The van der Waals surface area contributed by atoms with Gasteiger partial charge >= 0.3 is 5.97 Å². The predicted molar refractivity (Wildman–Crippen MR) is 92.5 cm³/mol. The van der Waals surface area contributed by atoms with Crippen LogP contribution in [0.15, 0.2) is 47.0 Å². The zero-order chi connectivity index (χ0) is 18.2. The first kappa shape index (κ1) is 16.7. The van der Waals surface area contributed by atoms with Gasteiger partial charge in [0.15, 0.2) is 0 Å². The maximum Gasteiger partial charge on any atom is 0.339 e. The molecule has 1 heterocycles. The maximum atomic E-state index is 11.1. The number of carbonyl (C=O) groups is 1. The summed E-state index contributed by atoms with van der Waals surface area (Å²) in [7, 11) is 0. The number of benzene rings is 2. The lowest BCUT2D eigenvalue weighted by Gasteiger charge is -2.18. The van der Waals surface area contributed by atoms with E-state index in [1.54, 1.807) is 6.07 Å². The molecule has 0 aliphatic carbocycles. The zero-order valence-corrected chi connectivity index (χ0v) is 14.1.